The lowest BCUT2D eigenvalue weighted by Crippen LogP contribution is -2.10. The highest BCUT2D eigenvalue weighted by Gasteiger charge is 2.22. The van der Waals surface area contributed by atoms with Gasteiger partial charge in [-0.25, -0.2) is 0 Å². The lowest BCUT2D eigenvalue weighted by molar-refractivity contribution is 0.410. The third-order valence-corrected chi connectivity index (χ3v) is 5.25. The molecule has 0 radical (unpaired) electrons. The first-order chi connectivity index (χ1) is 11.7. The third-order valence-electron chi connectivity index (χ3n) is 4.35. The molecule has 0 saturated heterocycles. The van der Waals surface area contributed by atoms with Gasteiger partial charge in [0.2, 0.25) is 0 Å². The minimum absolute atomic E-state index is 0.406. The number of rotatable bonds is 3. The summed E-state index contributed by atoms with van der Waals surface area (Å²) < 4.78 is 33.1. The highest BCUT2D eigenvalue weighted by atomic mass is 32.1. The van der Waals surface area contributed by atoms with Crippen LogP contribution >= 0.6 is 11.3 Å². The molecule has 4 rings (SSSR count). The van der Waals surface area contributed by atoms with Crippen LogP contribution in [0.2, 0.25) is 0 Å². The maximum atomic E-state index is 12.8. The first kappa shape index (κ1) is 15.1. The lowest BCUT2D eigenvalue weighted by atomic mass is 9.93. The molecule has 1 aliphatic heterocycles. The van der Waals surface area contributed by atoms with Gasteiger partial charge in [0.25, 0.3) is 6.08 Å². The van der Waals surface area contributed by atoms with Crippen LogP contribution in [-0.4, -0.2) is 11.7 Å². The fourth-order valence-electron chi connectivity index (χ4n) is 3.30. The van der Waals surface area contributed by atoms with Gasteiger partial charge in [-0.05, 0) is 41.6 Å². The Bertz CT molecular complexity index is 921. The fourth-order valence-corrected chi connectivity index (χ4v) is 4.06. The van der Waals surface area contributed by atoms with Crippen molar-refractivity contribution < 1.29 is 13.5 Å². The molecule has 5 heteroatoms. The second-order valence-electron chi connectivity index (χ2n) is 5.68. The summed E-state index contributed by atoms with van der Waals surface area (Å²) in [6, 6.07) is 9.91. The van der Waals surface area contributed by atoms with Gasteiger partial charge in [0.05, 0.1) is 12.8 Å². The van der Waals surface area contributed by atoms with Crippen LogP contribution in [0, 0.1) is 0 Å². The van der Waals surface area contributed by atoms with Crippen molar-refractivity contribution in [1.82, 2.24) is 4.57 Å². The molecule has 0 atom stereocenters. The minimum atomic E-state index is -1.72. The monoisotopic (exact) mass is 343 g/mol. The maximum Gasteiger partial charge on any atom is 0.271 e. The Kier molecular flexibility index (Phi) is 3.73. The summed E-state index contributed by atoms with van der Waals surface area (Å²) in [5, 5.41) is 2.05. The summed E-state index contributed by atoms with van der Waals surface area (Å²) in [7, 11) is 1.51. The molecule has 24 heavy (non-hydrogen) atoms. The molecule has 3 aromatic rings. The summed E-state index contributed by atoms with van der Waals surface area (Å²) in [6.45, 7) is 0.878. The van der Waals surface area contributed by atoms with E-state index in [1.54, 1.807) is 11.3 Å². The van der Waals surface area contributed by atoms with Gasteiger partial charge >= 0.3 is 0 Å². The Morgan fingerprint density at radius 2 is 2.12 bits per heavy atom. The number of hydrogen-bond acceptors (Lipinski definition) is 2. The van der Waals surface area contributed by atoms with Crippen molar-refractivity contribution >= 4 is 17.4 Å². The van der Waals surface area contributed by atoms with Gasteiger partial charge in [-0.15, -0.1) is 11.3 Å². The summed E-state index contributed by atoms with van der Waals surface area (Å²) in [5.41, 5.74) is 4.78. The molecule has 0 amide bonds. The SMILES string of the molecule is COc1cc2c(cc1C=C(F)F)-c1c(-c3cccs3)ccn1CC2. The van der Waals surface area contributed by atoms with E-state index >= 15 is 0 Å². The lowest BCUT2D eigenvalue weighted by Gasteiger charge is -2.22. The van der Waals surface area contributed by atoms with E-state index in [1.165, 1.54) is 12.0 Å². The number of nitrogens with zero attached hydrogens (tertiary/aromatic N) is 1. The van der Waals surface area contributed by atoms with Gasteiger partial charge < -0.3 is 9.30 Å². The van der Waals surface area contributed by atoms with Crippen LogP contribution in [0.3, 0.4) is 0 Å². The number of hydrogen-bond donors (Lipinski definition) is 0. The molecule has 3 heterocycles. The second-order valence-corrected chi connectivity index (χ2v) is 6.63. The molecule has 1 aromatic carbocycles. The number of methoxy groups -OCH3 is 1. The molecule has 0 unspecified atom stereocenters. The number of ether oxygens (including phenoxy) is 1. The van der Waals surface area contributed by atoms with Crippen molar-refractivity contribution in [1.29, 1.82) is 0 Å². The number of halogens is 2. The van der Waals surface area contributed by atoms with E-state index in [0.29, 0.717) is 11.3 Å². The molecule has 2 nitrogen and oxygen atoms in total. The third kappa shape index (κ3) is 2.45. The van der Waals surface area contributed by atoms with E-state index in [0.717, 1.165) is 41.4 Å². The van der Waals surface area contributed by atoms with E-state index in [1.807, 2.05) is 23.6 Å². The van der Waals surface area contributed by atoms with Crippen LogP contribution in [0.15, 0.2) is 48.0 Å². The van der Waals surface area contributed by atoms with E-state index in [-0.39, 0.29) is 0 Å². The Hall–Kier alpha value is -2.40. The summed E-state index contributed by atoms with van der Waals surface area (Å²) >= 11 is 1.68. The van der Waals surface area contributed by atoms with Crippen molar-refractivity contribution in [3.63, 3.8) is 0 Å². The standard InChI is InChI=1S/C19H15F2NOS/c1-23-16-10-12-4-6-22-7-5-14(17-3-2-8-24-17)19(22)15(12)9-13(16)11-18(20)21/h2-3,5,7-11H,4,6H2,1H3. The maximum absolute atomic E-state index is 12.8. The molecule has 0 spiro atoms. The van der Waals surface area contributed by atoms with E-state index < -0.39 is 6.08 Å². The van der Waals surface area contributed by atoms with Crippen LogP contribution in [0.5, 0.6) is 5.75 Å². The molecule has 1 aliphatic rings. The zero-order valence-corrected chi connectivity index (χ0v) is 13.9. The number of thiophene rings is 1. The minimum Gasteiger partial charge on any atom is -0.496 e. The first-order valence-electron chi connectivity index (χ1n) is 7.64. The normalized spacial score (nSPS) is 12.5. The summed E-state index contributed by atoms with van der Waals surface area (Å²) in [6.07, 6.45) is 2.08. The summed E-state index contributed by atoms with van der Waals surface area (Å²) in [4.78, 5) is 1.18. The van der Waals surface area contributed by atoms with Gasteiger partial charge in [-0.3, -0.25) is 0 Å². The zero-order chi connectivity index (χ0) is 16.7. The molecule has 0 N–H and O–H groups in total. The average Bonchev–Trinajstić information content (AvgIpc) is 3.22. The fraction of sp³-hybridized carbons (Fsp3) is 0.158. The van der Waals surface area contributed by atoms with Crippen LogP contribution in [0.1, 0.15) is 11.1 Å². The van der Waals surface area contributed by atoms with Crippen LogP contribution in [0.25, 0.3) is 27.8 Å². The topological polar surface area (TPSA) is 14.2 Å². The second kappa shape index (κ2) is 5.91. The quantitative estimate of drug-likeness (QED) is 0.596. The van der Waals surface area contributed by atoms with E-state index in [4.69, 9.17) is 4.74 Å². The Balaban J connectivity index is 1.95. The number of fused-ring (bicyclic) bond motifs is 3. The number of benzene rings is 1. The van der Waals surface area contributed by atoms with Gasteiger partial charge in [0.1, 0.15) is 5.75 Å². The summed E-state index contributed by atoms with van der Waals surface area (Å²) in [5.74, 6) is 0.485. The molecule has 122 valence electrons. The van der Waals surface area contributed by atoms with Crippen LogP contribution in [-0.2, 0) is 13.0 Å². The van der Waals surface area contributed by atoms with Crippen molar-refractivity contribution in [2.24, 2.45) is 0 Å². The molecule has 0 bridgehead atoms. The Morgan fingerprint density at radius 1 is 1.25 bits per heavy atom. The van der Waals surface area contributed by atoms with Gasteiger partial charge in [-0.1, -0.05) is 6.07 Å². The smallest absolute Gasteiger partial charge is 0.271 e. The number of aromatic nitrogens is 1. The zero-order valence-electron chi connectivity index (χ0n) is 13.1. The molecule has 0 saturated carbocycles. The molecule has 2 aromatic heterocycles. The number of aryl methyl sites for hydroxylation is 2. The predicted molar refractivity (Wildman–Crippen MR) is 93.6 cm³/mol. The van der Waals surface area contributed by atoms with E-state index in [2.05, 4.69) is 22.9 Å². The molecular formula is C19H15F2NOS. The predicted octanol–water partition coefficient (Wildman–Crippen LogP) is 5.69. The largest absolute Gasteiger partial charge is 0.496 e. The Morgan fingerprint density at radius 3 is 2.83 bits per heavy atom. The van der Waals surface area contributed by atoms with E-state index in [9.17, 15) is 8.78 Å². The molecular weight excluding hydrogens is 328 g/mol. The Labute approximate surface area is 142 Å². The van der Waals surface area contributed by atoms with Crippen LogP contribution in [0.4, 0.5) is 8.78 Å². The van der Waals surface area contributed by atoms with Crippen LogP contribution < -0.4 is 4.74 Å². The van der Waals surface area contributed by atoms with Gasteiger partial charge in [-0.2, -0.15) is 8.78 Å². The van der Waals surface area contributed by atoms with Crippen molar-refractivity contribution in [2.45, 2.75) is 13.0 Å². The van der Waals surface area contributed by atoms with Crippen molar-refractivity contribution in [3.05, 3.63) is 59.1 Å². The molecule has 0 aliphatic carbocycles. The van der Waals surface area contributed by atoms with Crippen molar-refractivity contribution in [2.75, 3.05) is 7.11 Å². The van der Waals surface area contributed by atoms with Gasteiger partial charge in [0.15, 0.2) is 0 Å². The highest BCUT2D eigenvalue weighted by molar-refractivity contribution is 7.13. The van der Waals surface area contributed by atoms with Crippen molar-refractivity contribution in [3.8, 4) is 27.4 Å². The first-order valence-corrected chi connectivity index (χ1v) is 8.52. The van der Waals surface area contributed by atoms with Gasteiger partial charge in [0, 0.05) is 40.4 Å². The molecule has 0 fully saturated rings. The average molecular weight is 343 g/mol. The highest BCUT2D eigenvalue weighted by Crippen LogP contribution is 2.42.